The summed E-state index contributed by atoms with van der Waals surface area (Å²) < 4.78 is 0. The highest BCUT2D eigenvalue weighted by atomic mass is 15.3. The molecule has 17 heavy (non-hydrogen) atoms. The first-order valence-corrected chi connectivity index (χ1v) is 6.87. The molecule has 0 aromatic rings. The fourth-order valence-electron chi connectivity index (χ4n) is 3.47. The third-order valence-corrected chi connectivity index (χ3v) is 4.60. The third-order valence-electron chi connectivity index (χ3n) is 4.60. The summed E-state index contributed by atoms with van der Waals surface area (Å²) in [6.45, 7) is 9.20. The molecule has 0 aliphatic heterocycles. The van der Waals surface area contributed by atoms with Crippen LogP contribution in [0.2, 0.25) is 0 Å². The molecule has 1 unspecified atom stereocenters. The van der Waals surface area contributed by atoms with Crippen LogP contribution in [0.15, 0.2) is 0 Å². The van der Waals surface area contributed by atoms with E-state index in [9.17, 15) is 0 Å². The predicted octanol–water partition coefficient (Wildman–Crippen LogP) is 2.37. The smallest absolute Gasteiger partial charge is 0.0442 e. The van der Waals surface area contributed by atoms with Crippen molar-refractivity contribution in [3.05, 3.63) is 0 Å². The summed E-state index contributed by atoms with van der Waals surface area (Å²) in [4.78, 5) is 2.40. The predicted molar refractivity (Wildman–Crippen MR) is 74.6 cm³/mol. The highest BCUT2D eigenvalue weighted by Gasteiger charge is 2.47. The maximum atomic E-state index is 5.87. The quantitative estimate of drug-likeness (QED) is 0.589. The van der Waals surface area contributed by atoms with Crippen LogP contribution in [0.5, 0.6) is 0 Å². The average Bonchev–Trinajstić information content (AvgIpc) is 2.19. The lowest BCUT2D eigenvalue weighted by molar-refractivity contribution is 0.00232. The summed E-state index contributed by atoms with van der Waals surface area (Å²) in [6, 6.07) is 0.331. The molecule has 1 saturated carbocycles. The Balaban J connectivity index is 2.98. The zero-order chi connectivity index (χ0) is 13.3. The normalized spacial score (nSPS) is 32.8. The van der Waals surface area contributed by atoms with Gasteiger partial charge in [0.05, 0.1) is 0 Å². The zero-order valence-corrected chi connectivity index (χ0v) is 12.5. The molecule has 1 fully saturated rings. The minimum atomic E-state index is 0.180. The Morgan fingerprint density at radius 2 is 1.71 bits per heavy atom. The molecule has 0 aromatic heterocycles. The molecule has 0 radical (unpaired) electrons. The second kappa shape index (κ2) is 5.25. The molecule has 1 atom stereocenters. The number of nitrogens with one attached hydrogen (secondary N) is 1. The van der Waals surface area contributed by atoms with E-state index in [4.69, 9.17) is 5.84 Å². The number of nitrogens with two attached hydrogens (primary N) is 1. The molecule has 0 aromatic carbocycles. The van der Waals surface area contributed by atoms with Crippen molar-refractivity contribution in [1.29, 1.82) is 0 Å². The number of rotatable bonds is 3. The SMILES string of the molecule is CC1CCC(C(NN)C(C)(C)C)(N(C)C)CC1. The number of hydrogen-bond acceptors (Lipinski definition) is 3. The average molecular weight is 241 g/mol. The van der Waals surface area contributed by atoms with Gasteiger partial charge in [-0.3, -0.25) is 11.3 Å². The Morgan fingerprint density at radius 3 is 2.00 bits per heavy atom. The molecular weight excluding hydrogens is 210 g/mol. The van der Waals surface area contributed by atoms with Crippen LogP contribution in [0.3, 0.4) is 0 Å². The number of likely N-dealkylation sites (N-methyl/N-ethyl adjacent to an activating group) is 1. The molecule has 0 saturated heterocycles. The van der Waals surface area contributed by atoms with Crippen molar-refractivity contribution in [2.24, 2.45) is 17.2 Å². The van der Waals surface area contributed by atoms with Gasteiger partial charge in [0.25, 0.3) is 0 Å². The van der Waals surface area contributed by atoms with E-state index in [0.29, 0.717) is 6.04 Å². The van der Waals surface area contributed by atoms with Crippen molar-refractivity contribution in [2.45, 2.75) is 65.0 Å². The molecule has 0 heterocycles. The van der Waals surface area contributed by atoms with Gasteiger partial charge in [0.2, 0.25) is 0 Å². The minimum absolute atomic E-state index is 0.180. The summed E-state index contributed by atoms with van der Waals surface area (Å²) >= 11 is 0. The highest BCUT2D eigenvalue weighted by molar-refractivity contribution is 5.05. The molecular formula is C14H31N3. The van der Waals surface area contributed by atoms with Crippen LogP contribution in [0, 0.1) is 11.3 Å². The Morgan fingerprint density at radius 1 is 1.24 bits per heavy atom. The Hall–Kier alpha value is -0.120. The number of hydrogen-bond donors (Lipinski definition) is 2. The second-order valence-electron chi connectivity index (χ2n) is 7.15. The van der Waals surface area contributed by atoms with Gasteiger partial charge in [-0.1, -0.05) is 27.7 Å². The number of hydrazine groups is 1. The topological polar surface area (TPSA) is 41.3 Å². The Kier molecular flexibility index (Phi) is 4.61. The van der Waals surface area contributed by atoms with Gasteiger partial charge in [-0.05, 0) is 51.1 Å². The van der Waals surface area contributed by atoms with Crippen molar-refractivity contribution in [1.82, 2.24) is 10.3 Å². The van der Waals surface area contributed by atoms with Crippen molar-refractivity contribution in [3.63, 3.8) is 0 Å². The van der Waals surface area contributed by atoms with Crippen LogP contribution in [0.1, 0.15) is 53.4 Å². The summed E-state index contributed by atoms with van der Waals surface area (Å²) in [5.41, 5.74) is 3.50. The van der Waals surface area contributed by atoms with Crippen LogP contribution in [-0.4, -0.2) is 30.6 Å². The van der Waals surface area contributed by atoms with Crippen LogP contribution < -0.4 is 11.3 Å². The van der Waals surface area contributed by atoms with Gasteiger partial charge in [-0.2, -0.15) is 0 Å². The second-order valence-corrected chi connectivity index (χ2v) is 7.15. The summed E-state index contributed by atoms with van der Waals surface area (Å²) in [5.74, 6) is 6.73. The maximum absolute atomic E-state index is 5.87. The van der Waals surface area contributed by atoms with Crippen LogP contribution >= 0.6 is 0 Å². The standard InChI is InChI=1S/C14H31N3/c1-11-7-9-14(10-8-11,17(5)6)12(16-15)13(2,3)4/h11-12,16H,7-10,15H2,1-6H3. The molecule has 0 amide bonds. The van der Waals surface area contributed by atoms with E-state index in [-0.39, 0.29) is 11.0 Å². The van der Waals surface area contributed by atoms with Gasteiger partial charge in [0, 0.05) is 11.6 Å². The van der Waals surface area contributed by atoms with Crippen molar-refractivity contribution in [3.8, 4) is 0 Å². The molecule has 1 rings (SSSR count). The van der Waals surface area contributed by atoms with E-state index in [1.165, 1.54) is 25.7 Å². The Bertz CT molecular complexity index is 234. The van der Waals surface area contributed by atoms with Gasteiger partial charge in [0.15, 0.2) is 0 Å². The van der Waals surface area contributed by atoms with Gasteiger partial charge in [0.1, 0.15) is 0 Å². The zero-order valence-electron chi connectivity index (χ0n) is 12.5. The first-order valence-electron chi connectivity index (χ1n) is 6.87. The van der Waals surface area contributed by atoms with Crippen LogP contribution in [-0.2, 0) is 0 Å². The van der Waals surface area contributed by atoms with Crippen molar-refractivity contribution < 1.29 is 0 Å². The minimum Gasteiger partial charge on any atom is -0.302 e. The fourth-order valence-corrected chi connectivity index (χ4v) is 3.47. The largest absolute Gasteiger partial charge is 0.302 e. The van der Waals surface area contributed by atoms with Gasteiger partial charge in [-0.15, -0.1) is 0 Å². The van der Waals surface area contributed by atoms with Gasteiger partial charge in [-0.25, -0.2) is 0 Å². The maximum Gasteiger partial charge on any atom is 0.0442 e. The molecule has 1 aliphatic carbocycles. The van der Waals surface area contributed by atoms with Gasteiger partial charge >= 0.3 is 0 Å². The third kappa shape index (κ3) is 3.01. The van der Waals surface area contributed by atoms with E-state index in [0.717, 1.165) is 5.92 Å². The lowest BCUT2D eigenvalue weighted by atomic mass is 9.65. The lowest BCUT2D eigenvalue weighted by Crippen LogP contribution is -2.66. The summed E-state index contributed by atoms with van der Waals surface area (Å²) in [6.07, 6.45) is 5.11. The van der Waals surface area contributed by atoms with Gasteiger partial charge < -0.3 is 4.90 Å². The molecule has 3 N–H and O–H groups in total. The van der Waals surface area contributed by atoms with E-state index in [1.807, 2.05) is 0 Å². The number of nitrogens with zero attached hydrogens (tertiary/aromatic N) is 1. The fraction of sp³-hybridized carbons (Fsp3) is 1.00. The molecule has 102 valence electrons. The van der Waals surface area contributed by atoms with E-state index < -0.39 is 0 Å². The first-order chi connectivity index (χ1) is 7.74. The highest BCUT2D eigenvalue weighted by Crippen LogP contribution is 2.42. The first kappa shape index (κ1) is 14.9. The Labute approximate surface area is 107 Å². The van der Waals surface area contributed by atoms with Crippen LogP contribution in [0.25, 0.3) is 0 Å². The summed E-state index contributed by atoms with van der Waals surface area (Å²) in [5, 5.41) is 0. The van der Waals surface area contributed by atoms with Crippen molar-refractivity contribution in [2.75, 3.05) is 14.1 Å². The van der Waals surface area contributed by atoms with Crippen molar-refractivity contribution >= 4 is 0 Å². The van der Waals surface area contributed by atoms with E-state index in [1.54, 1.807) is 0 Å². The molecule has 3 heteroatoms. The summed E-state index contributed by atoms with van der Waals surface area (Å²) in [7, 11) is 4.40. The molecule has 0 spiro atoms. The van der Waals surface area contributed by atoms with Crippen LogP contribution in [0.4, 0.5) is 0 Å². The molecule has 0 bridgehead atoms. The van der Waals surface area contributed by atoms with E-state index in [2.05, 4.69) is 52.1 Å². The monoisotopic (exact) mass is 241 g/mol. The van der Waals surface area contributed by atoms with E-state index >= 15 is 0 Å². The lowest BCUT2D eigenvalue weighted by Gasteiger charge is -2.53. The molecule has 1 aliphatic rings. The molecule has 3 nitrogen and oxygen atoms in total.